The molecule has 0 aliphatic rings. The van der Waals surface area contributed by atoms with Crippen LogP contribution in [0.25, 0.3) is 0 Å². The van der Waals surface area contributed by atoms with Gasteiger partial charge in [-0.1, -0.05) is 13.0 Å². The Balaban J connectivity index is 2.89. The highest BCUT2D eigenvalue weighted by molar-refractivity contribution is 5.76. The maximum atomic E-state index is 13.0. The SMILES string of the molecule is CC(=O)CC(C)c1cc(C)cc(F)c1. The predicted octanol–water partition coefficient (Wildman–Crippen LogP) is 3.22. The summed E-state index contributed by atoms with van der Waals surface area (Å²) in [5, 5.41) is 0. The molecule has 1 aromatic rings. The first-order chi connectivity index (χ1) is 6.49. The summed E-state index contributed by atoms with van der Waals surface area (Å²) in [5.74, 6) is 0.0108. The highest BCUT2D eigenvalue weighted by Crippen LogP contribution is 2.21. The van der Waals surface area contributed by atoms with Crippen molar-refractivity contribution in [3.05, 3.63) is 35.1 Å². The van der Waals surface area contributed by atoms with Crippen molar-refractivity contribution in [2.75, 3.05) is 0 Å². The molecule has 1 atom stereocenters. The van der Waals surface area contributed by atoms with E-state index in [1.54, 1.807) is 6.92 Å². The van der Waals surface area contributed by atoms with E-state index in [0.29, 0.717) is 6.42 Å². The number of Topliss-reactive ketones (excluding diaryl/α,β-unsaturated/α-hetero) is 1. The molecule has 0 amide bonds. The van der Waals surface area contributed by atoms with Gasteiger partial charge in [0.25, 0.3) is 0 Å². The Bertz CT molecular complexity index is 324. The zero-order valence-electron chi connectivity index (χ0n) is 8.80. The molecule has 2 heteroatoms. The van der Waals surface area contributed by atoms with Gasteiger partial charge in [-0.15, -0.1) is 0 Å². The van der Waals surface area contributed by atoms with Crippen LogP contribution in [0.4, 0.5) is 4.39 Å². The molecule has 0 aliphatic carbocycles. The molecule has 76 valence electrons. The van der Waals surface area contributed by atoms with Crippen LogP contribution >= 0.6 is 0 Å². The van der Waals surface area contributed by atoms with Gasteiger partial charge in [-0.25, -0.2) is 4.39 Å². The van der Waals surface area contributed by atoms with Crippen LogP contribution in [0.2, 0.25) is 0 Å². The number of aryl methyl sites for hydroxylation is 1. The molecule has 0 N–H and O–H groups in total. The van der Waals surface area contributed by atoms with E-state index < -0.39 is 0 Å². The van der Waals surface area contributed by atoms with Gasteiger partial charge in [0.2, 0.25) is 0 Å². The van der Waals surface area contributed by atoms with E-state index in [-0.39, 0.29) is 17.5 Å². The first kappa shape index (κ1) is 10.9. The van der Waals surface area contributed by atoms with Crippen molar-refractivity contribution in [2.24, 2.45) is 0 Å². The summed E-state index contributed by atoms with van der Waals surface area (Å²) >= 11 is 0. The summed E-state index contributed by atoms with van der Waals surface area (Å²) in [6.07, 6.45) is 0.475. The van der Waals surface area contributed by atoms with E-state index in [9.17, 15) is 9.18 Å². The van der Waals surface area contributed by atoms with Gasteiger partial charge in [0.15, 0.2) is 0 Å². The van der Waals surface area contributed by atoms with E-state index >= 15 is 0 Å². The molecule has 0 fully saturated rings. The molecular weight excluding hydrogens is 179 g/mol. The van der Waals surface area contributed by atoms with Crippen LogP contribution < -0.4 is 0 Å². The minimum Gasteiger partial charge on any atom is -0.300 e. The highest BCUT2D eigenvalue weighted by atomic mass is 19.1. The summed E-state index contributed by atoms with van der Waals surface area (Å²) in [7, 11) is 0. The monoisotopic (exact) mass is 194 g/mol. The van der Waals surface area contributed by atoms with Crippen molar-refractivity contribution in [2.45, 2.75) is 33.1 Å². The van der Waals surface area contributed by atoms with Gasteiger partial charge >= 0.3 is 0 Å². The van der Waals surface area contributed by atoms with Crippen LogP contribution in [0.5, 0.6) is 0 Å². The smallest absolute Gasteiger partial charge is 0.130 e. The minimum atomic E-state index is -0.226. The van der Waals surface area contributed by atoms with Crippen molar-refractivity contribution >= 4 is 5.78 Å². The lowest BCUT2D eigenvalue weighted by Crippen LogP contribution is -2.01. The number of carbonyl (C=O) groups is 1. The zero-order valence-corrected chi connectivity index (χ0v) is 8.80. The van der Waals surface area contributed by atoms with Crippen molar-refractivity contribution in [3.8, 4) is 0 Å². The zero-order chi connectivity index (χ0) is 10.7. The molecule has 0 aliphatic heterocycles. The third kappa shape index (κ3) is 2.95. The molecule has 1 unspecified atom stereocenters. The Kier molecular flexibility index (Phi) is 3.39. The molecular formula is C12H15FO. The molecule has 0 bridgehead atoms. The second-order valence-electron chi connectivity index (χ2n) is 3.87. The van der Waals surface area contributed by atoms with Gasteiger partial charge in [0, 0.05) is 6.42 Å². The lowest BCUT2D eigenvalue weighted by atomic mass is 9.95. The topological polar surface area (TPSA) is 17.1 Å². The number of halogens is 1. The molecule has 0 saturated heterocycles. The van der Waals surface area contributed by atoms with E-state index in [1.807, 2.05) is 19.9 Å². The molecule has 0 heterocycles. The number of hydrogen-bond acceptors (Lipinski definition) is 1. The Morgan fingerprint density at radius 3 is 2.57 bits per heavy atom. The fourth-order valence-corrected chi connectivity index (χ4v) is 1.60. The molecule has 1 aromatic carbocycles. The second kappa shape index (κ2) is 4.36. The Labute approximate surface area is 83.9 Å². The van der Waals surface area contributed by atoms with Crippen LogP contribution in [0.15, 0.2) is 18.2 Å². The van der Waals surface area contributed by atoms with Crippen LogP contribution in [-0.2, 0) is 4.79 Å². The largest absolute Gasteiger partial charge is 0.300 e. The van der Waals surface area contributed by atoms with Crippen LogP contribution in [-0.4, -0.2) is 5.78 Å². The van der Waals surface area contributed by atoms with Crippen LogP contribution in [0, 0.1) is 12.7 Å². The van der Waals surface area contributed by atoms with E-state index in [1.165, 1.54) is 12.1 Å². The Morgan fingerprint density at radius 2 is 2.07 bits per heavy atom. The Morgan fingerprint density at radius 1 is 1.43 bits per heavy atom. The van der Waals surface area contributed by atoms with E-state index in [2.05, 4.69) is 0 Å². The standard InChI is InChI=1S/C12H15FO/c1-8-4-11(7-12(13)5-8)9(2)6-10(3)14/h4-5,7,9H,6H2,1-3H3. The van der Waals surface area contributed by atoms with Gasteiger partial charge < -0.3 is 4.79 Å². The molecule has 0 saturated carbocycles. The van der Waals surface area contributed by atoms with Crippen molar-refractivity contribution in [1.29, 1.82) is 0 Å². The molecule has 0 radical (unpaired) electrons. The highest BCUT2D eigenvalue weighted by Gasteiger charge is 2.09. The number of benzene rings is 1. The first-order valence-electron chi connectivity index (χ1n) is 4.75. The average Bonchev–Trinajstić information content (AvgIpc) is 2.00. The molecule has 1 rings (SSSR count). The lowest BCUT2D eigenvalue weighted by molar-refractivity contribution is -0.117. The van der Waals surface area contributed by atoms with Crippen molar-refractivity contribution in [3.63, 3.8) is 0 Å². The number of rotatable bonds is 3. The quantitative estimate of drug-likeness (QED) is 0.722. The Hall–Kier alpha value is -1.18. The van der Waals surface area contributed by atoms with Gasteiger partial charge in [0.1, 0.15) is 11.6 Å². The van der Waals surface area contributed by atoms with Crippen molar-refractivity contribution < 1.29 is 9.18 Å². The summed E-state index contributed by atoms with van der Waals surface area (Å²) < 4.78 is 13.0. The second-order valence-corrected chi connectivity index (χ2v) is 3.87. The maximum Gasteiger partial charge on any atom is 0.130 e. The predicted molar refractivity (Wildman–Crippen MR) is 54.9 cm³/mol. The van der Waals surface area contributed by atoms with Crippen LogP contribution in [0.3, 0.4) is 0 Å². The third-order valence-electron chi connectivity index (χ3n) is 2.23. The van der Waals surface area contributed by atoms with E-state index in [4.69, 9.17) is 0 Å². The number of hydrogen-bond donors (Lipinski definition) is 0. The molecule has 0 aromatic heterocycles. The summed E-state index contributed by atoms with van der Waals surface area (Å²) in [6, 6.07) is 4.92. The first-order valence-corrected chi connectivity index (χ1v) is 4.75. The van der Waals surface area contributed by atoms with Crippen LogP contribution in [0.1, 0.15) is 37.3 Å². The number of carbonyl (C=O) groups excluding carboxylic acids is 1. The van der Waals surface area contributed by atoms with Gasteiger partial charge in [0.05, 0.1) is 0 Å². The van der Waals surface area contributed by atoms with Crippen molar-refractivity contribution in [1.82, 2.24) is 0 Å². The summed E-state index contributed by atoms with van der Waals surface area (Å²) in [4.78, 5) is 10.9. The van der Waals surface area contributed by atoms with Gasteiger partial charge in [-0.05, 0) is 43.0 Å². The fourth-order valence-electron chi connectivity index (χ4n) is 1.60. The maximum absolute atomic E-state index is 13.0. The number of ketones is 1. The molecule has 0 spiro atoms. The van der Waals surface area contributed by atoms with Gasteiger partial charge in [-0.3, -0.25) is 0 Å². The summed E-state index contributed by atoms with van der Waals surface area (Å²) in [6.45, 7) is 5.35. The summed E-state index contributed by atoms with van der Waals surface area (Å²) in [5.41, 5.74) is 1.80. The van der Waals surface area contributed by atoms with E-state index in [0.717, 1.165) is 11.1 Å². The molecule has 1 nitrogen and oxygen atoms in total. The van der Waals surface area contributed by atoms with Gasteiger partial charge in [-0.2, -0.15) is 0 Å². The third-order valence-corrected chi connectivity index (χ3v) is 2.23. The molecule has 14 heavy (non-hydrogen) atoms. The minimum absolute atomic E-state index is 0.0990. The fraction of sp³-hybridized carbons (Fsp3) is 0.417. The normalized spacial score (nSPS) is 12.6. The average molecular weight is 194 g/mol. The lowest BCUT2D eigenvalue weighted by Gasteiger charge is -2.10.